The average molecular weight is 561 g/mol. The van der Waals surface area contributed by atoms with Crippen molar-refractivity contribution in [2.45, 2.75) is 45.7 Å². The molecule has 0 aromatic heterocycles. The number of ether oxygens (including phenoxy) is 1. The molecule has 0 heterocycles. The van der Waals surface area contributed by atoms with Gasteiger partial charge in [-0.3, -0.25) is 4.99 Å². The number of sulfonamides is 1. The SMILES string of the molecule is CN=C(NCc1ccccc1CS(=O)(=O)NC(C)C)NCc1ccc(C)cc1OC.I. The standard InChI is InChI=1S/C22H32N4O3S.HI/c1-16(2)26-30(27,28)15-20-9-7-6-8-18(20)13-24-22(23-4)25-14-19-11-10-17(3)12-21(19)29-5;/h6-12,16,26H,13-15H2,1-5H3,(H2,23,24,25);1H. The largest absolute Gasteiger partial charge is 0.496 e. The Morgan fingerprint density at radius 1 is 1.03 bits per heavy atom. The summed E-state index contributed by atoms with van der Waals surface area (Å²) in [6.45, 7) is 6.65. The van der Waals surface area contributed by atoms with Crippen LogP contribution in [0.3, 0.4) is 0 Å². The summed E-state index contributed by atoms with van der Waals surface area (Å²) in [7, 11) is -0.0393. The molecule has 0 aliphatic carbocycles. The molecule has 0 fully saturated rings. The predicted octanol–water partition coefficient (Wildman–Crippen LogP) is 3.31. The minimum absolute atomic E-state index is 0. The van der Waals surface area contributed by atoms with Gasteiger partial charge in [0, 0.05) is 31.7 Å². The highest BCUT2D eigenvalue weighted by Gasteiger charge is 2.15. The Morgan fingerprint density at radius 2 is 1.65 bits per heavy atom. The van der Waals surface area contributed by atoms with Crippen LogP contribution in [-0.2, 0) is 28.9 Å². The van der Waals surface area contributed by atoms with Crippen LogP contribution < -0.4 is 20.1 Å². The van der Waals surface area contributed by atoms with E-state index in [0.717, 1.165) is 28.0 Å². The molecule has 0 aliphatic rings. The zero-order valence-corrected chi connectivity index (χ0v) is 21.9. The number of guanidine groups is 1. The normalized spacial score (nSPS) is 11.7. The number of methoxy groups -OCH3 is 1. The molecule has 3 N–H and O–H groups in total. The van der Waals surface area contributed by atoms with E-state index in [2.05, 4.69) is 20.3 Å². The summed E-state index contributed by atoms with van der Waals surface area (Å²) in [6.07, 6.45) is 0. The smallest absolute Gasteiger partial charge is 0.216 e. The minimum atomic E-state index is -3.40. The lowest BCUT2D eigenvalue weighted by Crippen LogP contribution is -2.37. The Morgan fingerprint density at radius 3 is 2.23 bits per heavy atom. The van der Waals surface area contributed by atoms with Crippen molar-refractivity contribution in [2.75, 3.05) is 14.2 Å². The molecule has 2 rings (SSSR count). The third-order valence-corrected chi connectivity index (χ3v) is 5.96. The maximum absolute atomic E-state index is 12.3. The molecule has 7 nitrogen and oxygen atoms in total. The second-order valence-electron chi connectivity index (χ2n) is 7.39. The number of nitrogens with zero attached hydrogens (tertiary/aromatic N) is 1. The number of benzene rings is 2. The fourth-order valence-corrected chi connectivity index (χ4v) is 4.55. The molecule has 0 aliphatic heterocycles. The summed E-state index contributed by atoms with van der Waals surface area (Å²) in [6, 6.07) is 13.4. The first-order chi connectivity index (χ1) is 14.2. The maximum Gasteiger partial charge on any atom is 0.216 e. The highest BCUT2D eigenvalue weighted by molar-refractivity contribution is 14.0. The van der Waals surface area contributed by atoms with Crippen molar-refractivity contribution in [3.63, 3.8) is 0 Å². The lowest BCUT2D eigenvalue weighted by Gasteiger charge is -2.16. The summed E-state index contributed by atoms with van der Waals surface area (Å²) in [5, 5.41) is 6.53. The van der Waals surface area contributed by atoms with E-state index in [9.17, 15) is 8.42 Å². The Balaban J connectivity index is 0.00000480. The van der Waals surface area contributed by atoms with E-state index in [1.165, 1.54) is 0 Å². The minimum Gasteiger partial charge on any atom is -0.496 e. The van der Waals surface area contributed by atoms with Crippen LogP contribution in [0.15, 0.2) is 47.5 Å². The van der Waals surface area contributed by atoms with Crippen LogP contribution in [0.25, 0.3) is 0 Å². The third kappa shape index (κ3) is 9.04. The molecule has 172 valence electrons. The van der Waals surface area contributed by atoms with Crippen molar-refractivity contribution in [1.82, 2.24) is 15.4 Å². The molecule has 9 heteroatoms. The third-order valence-electron chi connectivity index (χ3n) is 4.44. The highest BCUT2D eigenvalue weighted by atomic mass is 127. The predicted molar refractivity (Wildman–Crippen MR) is 138 cm³/mol. The zero-order chi connectivity index (χ0) is 22.1. The summed E-state index contributed by atoms with van der Waals surface area (Å²) in [4.78, 5) is 4.26. The topological polar surface area (TPSA) is 91.8 Å². The van der Waals surface area contributed by atoms with Gasteiger partial charge >= 0.3 is 0 Å². The van der Waals surface area contributed by atoms with Crippen LogP contribution >= 0.6 is 24.0 Å². The molecule has 2 aromatic carbocycles. The van der Waals surface area contributed by atoms with E-state index < -0.39 is 10.0 Å². The van der Waals surface area contributed by atoms with E-state index in [-0.39, 0.29) is 35.8 Å². The van der Waals surface area contributed by atoms with Crippen LogP contribution in [0.1, 0.15) is 36.1 Å². The Hall–Kier alpha value is -1.85. The molecule has 0 bridgehead atoms. The molecular formula is C22H33IN4O3S. The van der Waals surface area contributed by atoms with E-state index >= 15 is 0 Å². The van der Waals surface area contributed by atoms with E-state index in [1.54, 1.807) is 14.2 Å². The maximum atomic E-state index is 12.3. The molecule has 0 saturated heterocycles. The number of aryl methyl sites for hydroxylation is 1. The fourth-order valence-electron chi connectivity index (χ4n) is 3.05. The molecule has 0 amide bonds. The number of halogens is 1. The molecule has 0 spiro atoms. The van der Waals surface area contributed by atoms with Crippen LogP contribution in [0.4, 0.5) is 0 Å². The first-order valence-corrected chi connectivity index (χ1v) is 11.5. The number of hydrogen-bond donors (Lipinski definition) is 3. The van der Waals surface area contributed by atoms with Gasteiger partial charge in [0.1, 0.15) is 5.75 Å². The molecule has 0 atom stereocenters. The first kappa shape index (κ1) is 27.2. The summed E-state index contributed by atoms with van der Waals surface area (Å²) >= 11 is 0. The van der Waals surface area contributed by atoms with Gasteiger partial charge in [0.15, 0.2) is 5.96 Å². The van der Waals surface area contributed by atoms with E-state index in [1.807, 2.05) is 63.2 Å². The van der Waals surface area contributed by atoms with Crippen molar-refractivity contribution < 1.29 is 13.2 Å². The molecule has 0 unspecified atom stereocenters. The summed E-state index contributed by atoms with van der Waals surface area (Å²) < 4.78 is 32.7. The Kier molecular flexibility index (Phi) is 11.3. The van der Waals surface area contributed by atoms with Crippen molar-refractivity contribution in [3.05, 3.63) is 64.7 Å². The second kappa shape index (κ2) is 12.9. The van der Waals surface area contributed by atoms with Gasteiger partial charge in [-0.1, -0.05) is 36.4 Å². The Bertz CT molecular complexity index is 978. The number of aliphatic imine (C=N–C) groups is 1. The first-order valence-electron chi connectivity index (χ1n) is 9.89. The molecule has 31 heavy (non-hydrogen) atoms. The van der Waals surface area contributed by atoms with Gasteiger partial charge in [-0.25, -0.2) is 13.1 Å². The van der Waals surface area contributed by atoms with Gasteiger partial charge < -0.3 is 15.4 Å². The Labute approximate surface area is 203 Å². The summed E-state index contributed by atoms with van der Waals surface area (Å²) in [5.41, 5.74) is 3.82. The van der Waals surface area contributed by atoms with Crippen molar-refractivity contribution in [3.8, 4) is 5.75 Å². The average Bonchev–Trinajstić information content (AvgIpc) is 2.68. The molecule has 2 aromatic rings. The van der Waals surface area contributed by atoms with Crippen LogP contribution in [0.2, 0.25) is 0 Å². The molecular weight excluding hydrogens is 527 g/mol. The van der Waals surface area contributed by atoms with Crippen molar-refractivity contribution in [2.24, 2.45) is 4.99 Å². The zero-order valence-electron chi connectivity index (χ0n) is 18.7. The summed E-state index contributed by atoms with van der Waals surface area (Å²) in [5.74, 6) is 1.39. The van der Waals surface area contributed by atoms with Crippen LogP contribution in [0.5, 0.6) is 5.75 Å². The quantitative estimate of drug-likeness (QED) is 0.249. The van der Waals surface area contributed by atoms with Gasteiger partial charge in [-0.2, -0.15) is 0 Å². The molecule has 0 saturated carbocycles. The monoisotopic (exact) mass is 560 g/mol. The van der Waals surface area contributed by atoms with Crippen molar-refractivity contribution >= 4 is 40.0 Å². The number of hydrogen-bond acceptors (Lipinski definition) is 4. The van der Waals surface area contributed by atoms with Crippen molar-refractivity contribution in [1.29, 1.82) is 0 Å². The number of nitrogens with one attached hydrogen (secondary N) is 3. The lowest BCUT2D eigenvalue weighted by atomic mass is 10.1. The van der Waals surface area contributed by atoms with Gasteiger partial charge in [0.25, 0.3) is 0 Å². The number of rotatable bonds is 9. The van der Waals surface area contributed by atoms with E-state index in [0.29, 0.717) is 19.0 Å². The molecule has 0 radical (unpaired) electrons. The van der Waals surface area contributed by atoms with E-state index in [4.69, 9.17) is 4.74 Å². The van der Waals surface area contributed by atoms with Gasteiger partial charge in [-0.15, -0.1) is 24.0 Å². The van der Waals surface area contributed by atoms with Gasteiger partial charge in [-0.05, 0) is 43.5 Å². The second-order valence-corrected chi connectivity index (χ2v) is 9.15. The fraction of sp³-hybridized carbons (Fsp3) is 0.409. The lowest BCUT2D eigenvalue weighted by molar-refractivity contribution is 0.408. The highest BCUT2D eigenvalue weighted by Crippen LogP contribution is 2.19. The van der Waals surface area contributed by atoms with Gasteiger partial charge in [0.2, 0.25) is 10.0 Å². The van der Waals surface area contributed by atoms with Crippen LogP contribution in [0, 0.1) is 6.92 Å². The van der Waals surface area contributed by atoms with Crippen LogP contribution in [-0.4, -0.2) is 34.6 Å². The van der Waals surface area contributed by atoms with Gasteiger partial charge in [0.05, 0.1) is 12.9 Å².